The van der Waals surface area contributed by atoms with Crippen LogP contribution >= 0.6 is 0 Å². The molecule has 2 aromatic rings. The summed E-state index contributed by atoms with van der Waals surface area (Å²) in [6.07, 6.45) is 0.0701. The van der Waals surface area contributed by atoms with E-state index in [1.165, 1.54) is 11.7 Å². The van der Waals surface area contributed by atoms with Crippen LogP contribution < -0.4 is 15.0 Å². The number of benzene rings is 1. The molecule has 0 aliphatic heterocycles. The number of ketones is 1. The molecule has 0 bridgehead atoms. The van der Waals surface area contributed by atoms with Gasteiger partial charge in [0, 0.05) is 24.8 Å². The monoisotopic (exact) mass is 303 g/mol. The second kappa shape index (κ2) is 6.22. The van der Waals surface area contributed by atoms with E-state index in [0.29, 0.717) is 22.6 Å². The Morgan fingerprint density at radius 2 is 1.91 bits per heavy atom. The van der Waals surface area contributed by atoms with Gasteiger partial charge in [0.15, 0.2) is 0 Å². The van der Waals surface area contributed by atoms with Crippen molar-refractivity contribution in [3.8, 4) is 11.5 Å². The first-order valence-electron chi connectivity index (χ1n) is 7.17. The molecule has 0 unspecified atom stereocenters. The minimum atomic E-state index is -0.233. The van der Waals surface area contributed by atoms with Gasteiger partial charge in [0.05, 0.1) is 25.3 Å². The van der Waals surface area contributed by atoms with Gasteiger partial charge in [0.25, 0.3) is 5.56 Å². The van der Waals surface area contributed by atoms with E-state index in [-0.39, 0.29) is 23.7 Å². The van der Waals surface area contributed by atoms with Crippen molar-refractivity contribution in [2.45, 2.75) is 20.3 Å². The molecule has 0 fully saturated rings. The summed E-state index contributed by atoms with van der Waals surface area (Å²) in [5, 5.41) is 0.760. The third-order valence-corrected chi connectivity index (χ3v) is 3.83. The highest BCUT2D eigenvalue weighted by molar-refractivity contribution is 5.93. The molecule has 1 aromatic carbocycles. The second-order valence-electron chi connectivity index (χ2n) is 5.53. The van der Waals surface area contributed by atoms with Crippen molar-refractivity contribution in [1.82, 2.24) is 4.57 Å². The maximum Gasteiger partial charge on any atom is 0.258 e. The number of hydrogen-bond donors (Lipinski definition) is 0. The number of pyridine rings is 1. The van der Waals surface area contributed by atoms with Gasteiger partial charge in [0.1, 0.15) is 17.3 Å². The lowest BCUT2D eigenvalue weighted by Gasteiger charge is -2.16. The maximum atomic E-state index is 12.7. The zero-order valence-electron chi connectivity index (χ0n) is 13.6. The summed E-state index contributed by atoms with van der Waals surface area (Å²) >= 11 is 0. The molecule has 5 nitrogen and oxygen atoms in total. The van der Waals surface area contributed by atoms with Crippen molar-refractivity contribution in [1.29, 1.82) is 0 Å². The molecule has 22 heavy (non-hydrogen) atoms. The number of Topliss-reactive ketones (excluding diaryl/α,β-unsaturated/α-hetero) is 1. The van der Waals surface area contributed by atoms with Crippen LogP contribution in [0.5, 0.6) is 11.5 Å². The molecule has 1 heterocycles. The Morgan fingerprint density at radius 1 is 1.23 bits per heavy atom. The number of carbonyl (C=O) groups excluding carboxylic acids is 1. The highest BCUT2D eigenvalue weighted by atomic mass is 16.5. The molecule has 0 N–H and O–H groups in total. The number of para-hydroxylation sites is 1. The molecule has 0 saturated carbocycles. The number of fused-ring (bicyclic) bond motifs is 1. The standard InChI is InChI=1S/C17H21NO4/c1-10(2)13(19)9-12-16(22-5)11-7-6-8-14(21-4)15(11)18(3)17(12)20/h6-8,10H,9H2,1-5H3. The average Bonchev–Trinajstić information content (AvgIpc) is 2.51. The molecular formula is C17H21NO4. The zero-order valence-corrected chi connectivity index (χ0v) is 13.6. The van der Waals surface area contributed by atoms with Crippen molar-refractivity contribution in [2.24, 2.45) is 13.0 Å². The Morgan fingerprint density at radius 3 is 2.45 bits per heavy atom. The first-order chi connectivity index (χ1) is 10.4. The summed E-state index contributed by atoms with van der Waals surface area (Å²) in [6.45, 7) is 3.65. The highest BCUT2D eigenvalue weighted by Crippen LogP contribution is 2.33. The van der Waals surface area contributed by atoms with Crippen LogP contribution in [0, 0.1) is 5.92 Å². The summed E-state index contributed by atoms with van der Waals surface area (Å²) < 4.78 is 12.3. The second-order valence-corrected chi connectivity index (χ2v) is 5.53. The van der Waals surface area contributed by atoms with Crippen LogP contribution in [0.2, 0.25) is 0 Å². The van der Waals surface area contributed by atoms with E-state index in [1.807, 2.05) is 26.0 Å². The molecule has 118 valence electrons. The smallest absolute Gasteiger partial charge is 0.258 e. The van der Waals surface area contributed by atoms with Gasteiger partial charge in [-0.25, -0.2) is 0 Å². The molecule has 0 atom stereocenters. The van der Waals surface area contributed by atoms with Crippen molar-refractivity contribution in [3.63, 3.8) is 0 Å². The van der Waals surface area contributed by atoms with Gasteiger partial charge in [-0.15, -0.1) is 0 Å². The quantitative estimate of drug-likeness (QED) is 0.850. The summed E-state index contributed by atoms with van der Waals surface area (Å²) in [5.74, 6) is 0.927. The van der Waals surface area contributed by atoms with Crippen LogP contribution in [0.15, 0.2) is 23.0 Å². The van der Waals surface area contributed by atoms with E-state index in [2.05, 4.69) is 0 Å². The van der Waals surface area contributed by atoms with E-state index in [4.69, 9.17) is 9.47 Å². The number of aryl methyl sites for hydroxylation is 1. The number of ether oxygens (including phenoxy) is 2. The minimum Gasteiger partial charge on any atom is -0.496 e. The Bertz CT molecular complexity index is 774. The van der Waals surface area contributed by atoms with E-state index in [0.717, 1.165) is 5.39 Å². The fourth-order valence-corrected chi connectivity index (χ4v) is 2.55. The lowest BCUT2D eigenvalue weighted by molar-refractivity contribution is -0.121. The Labute approximate surface area is 129 Å². The molecule has 2 rings (SSSR count). The lowest BCUT2D eigenvalue weighted by atomic mass is 9.99. The van der Waals surface area contributed by atoms with Crippen LogP contribution in [0.4, 0.5) is 0 Å². The zero-order chi connectivity index (χ0) is 16.4. The maximum absolute atomic E-state index is 12.7. The molecule has 0 spiro atoms. The third kappa shape index (κ3) is 2.58. The van der Waals surface area contributed by atoms with Crippen LogP contribution in [0.25, 0.3) is 10.9 Å². The predicted octanol–water partition coefficient (Wildman–Crippen LogP) is 2.32. The molecule has 5 heteroatoms. The van der Waals surface area contributed by atoms with Crippen molar-refractivity contribution in [2.75, 3.05) is 14.2 Å². The summed E-state index contributed by atoms with van der Waals surface area (Å²) in [6, 6.07) is 5.49. The van der Waals surface area contributed by atoms with Gasteiger partial charge >= 0.3 is 0 Å². The SMILES string of the molecule is COc1c(CC(=O)C(C)C)c(=O)n(C)c2c(OC)cccc12. The van der Waals surface area contributed by atoms with E-state index in [9.17, 15) is 9.59 Å². The largest absolute Gasteiger partial charge is 0.496 e. The van der Waals surface area contributed by atoms with Crippen LogP contribution in [0.3, 0.4) is 0 Å². The van der Waals surface area contributed by atoms with Gasteiger partial charge in [-0.05, 0) is 12.1 Å². The van der Waals surface area contributed by atoms with Crippen LogP contribution in [0.1, 0.15) is 19.4 Å². The van der Waals surface area contributed by atoms with Crippen molar-refractivity contribution in [3.05, 3.63) is 34.1 Å². The normalized spacial score (nSPS) is 11.0. The molecule has 0 aliphatic carbocycles. The Hall–Kier alpha value is -2.30. The van der Waals surface area contributed by atoms with E-state index in [1.54, 1.807) is 20.2 Å². The Kier molecular flexibility index (Phi) is 4.54. The van der Waals surface area contributed by atoms with Gasteiger partial charge in [-0.2, -0.15) is 0 Å². The summed E-state index contributed by atoms with van der Waals surface area (Å²) in [5.41, 5.74) is 0.819. The molecule has 0 aliphatic rings. The summed E-state index contributed by atoms with van der Waals surface area (Å²) in [4.78, 5) is 24.7. The fourth-order valence-electron chi connectivity index (χ4n) is 2.55. The van der Waals surface area contributed by atoms with E-state index < -0.39 is 0 Å². The van der Waals surface area contributed by atoms with Gasteiger partial charge in [-0.3, -0.25) is 9.59 Å². The Balaban J connectivity index is 2.81. The van der Waals surface area contributed by atoms with Gasteiger partial charge < -0.3 is 14.0 Å². The van der Waals surface area contributed by atoms with Gasteiger partial charge in [-0.1, -0.05) is 19.9 Å². The minimum absolute atomic E-state index is 0.0117. The van der Waals surface area contributed by atoms with Crippen LogP contribution in [-0.4, -0.2) is 24.6 Å². The number of methoxy groups -OCH3 is 2. The summed E-state index contributed by atoms with van der Waals surface area (Å²) in [7, 11) is 4.74. The van der Waals surface area contributed by atoms with Crippen molar-refractivity contribution >= 4 is 16.7 Å². The predicted molar refractivity (Wildman–Crippen MR) is 85.8 cm³/mol. The number of hydrogen-bond acceptors (Lipinski definition) is 4. The topological polar surface area (TPSA) is 57.5 Å². The molecular weight excluding hydrogens is 282 g/mol. The fraction of sp³-hybridized carbons (Fsp3) is 0.412. The van der Waals surface area contributed by atoms with Crippen molar-refractivity contribution < 1.29 is 14.3 Å². The third-order valence-electron chi connectivity index (χ3n) is 3.83. The molecule has 0 saturated heterocycles. The molecule has 1 aromatic heterocycles. The van der Waals surface area contributed by atoms with Gasteiger partial charge in [0.2, 0.25) is 0 Å². The number of carbonyl (C=O) groups is 1. The van der Waals surface area contributed by atoms with Crippen LogP contribution in [-0.2, 0) is 18.3 Å². The number of nitrogens with zero attached hydrogens (tertiary/aromatic N) is 1. The molecule has 0 radical (unpaired) electrons. The number of rotatable bonds is 5. The first kappa shape index (κ1) is 16.1. The molecule has 0 amide bonds. The average molecular weight is 303 g/mol. The lowest BCUT2D eigenvalue weighted by Crippen LogP contribution is -2.26. The van der Waals surface area contributed by atoms with E-state index >= 15 is 0 Å². The highest BCUT2D eigenvalue weighted by Gasteiger charge is 2.21. The first-order valence-corrected chi connectivity index (χ1v) is 7.17. The number of aromatic nitrogens is 1.